The largest absolute Gasteiger partial charge is 0.481 e. The van der Waals surface area contributed by atoms with Crippen LogP contribution in [-0.2, 0) is 9.59 Å². The molecular formula is C10H19NO4. The van der Waals surface area contributed by atoms with E-state index >= 15 is 0 Å². The summed E-state index contributed by atoms with van der Waals surface area (Å²) in [5.41, 5.74) is -0.435. The molecule has 0 aliphatic rings. The minimum absolute atomic E-state index is 0.00779. The fourth-order valence-corrected chi connectivity index (χ4v) is 1.18. The van der Waals surface area contributed by atoms with E-state index in [0.29, 0.717) is 12.8 Å². The third-order valence-corrected chi connectivity index (χ3v) is 2.01. The topological polar surface area (TPSA) is 86.6 Å². The number of rotatable bonds is 7. The van der Waals surface area contributed by atoms with Gasteiger partial charge >= 0.3 is 5.97 Å². The van der Waals surface area contributed by atoms with Crippen LogP contribution in [0.3, 0.4) is 0 Å². The second kappa shape index (κ2) is 6.40. The molecule has 0 unspecified atom stereocenters. The first kappa shape index (κ1) is 13.9. The first-order valence-electron chi connectivity index (χ1n) is 5.01. The van der Waals surface area contributed by atoms with Crippen molar-refractivity contribution in [3.63, 3.8) is 0 Å². The fraction of sp³-hybridized carbons (Fsp3) is 0.800. The fourth-order valence-electron chi connectivity index (χ4n) is 1.18. The number of nitrogens with one attached hydrogen (secondary N) is 1. The van der Waals surface area contributed by atoms with E-state index in [1.54, 1.807) is 0 Å². The van der Waals surface area contributed by atoms with Gasteiger partial charge in [0.25, 0.3) is 0 Å². The van der Waals surface area contributed by atoms with Crippen molar-refractivity contribution in [2.24, 2.45) is 0 Å². The summed E-state index contributed by atoms with van der Waals surface area (Å²) in [7, 11) is 0. The van der Waals surface area contributed by atoms with Crippen LogP contribution in [0.15, 0.2) is 0 Å². The number of aliphatic hydroxyl groups excluding tert-OH is 1. The SMILES string of the molecule is CC(C)(CCO)NC(=O)CCCC(=O)O. The van der Waals surface area contributed by atoms with Gasteiger partial charge < -0.3 is 15.5 Å². The van der Waals surface area contributed by atoms with Crippen molar-refractivity contribution in [3.05, 3.63) is 0 Å². The number of aliphatic hydroxyl groups is 1. The van der Waals surface area contributed by atoms with Crippen molar-refractivity contribution in [3.8, 4) is 0 Å². The van der Waals surface area contributed by atoms with Crippen LogP contribution in [0, 0.1) is 0 Å². The predicted molar refractivity (Wildman–Crippen MR) is 55.4 cm³/mol. The van der Waals surface area contributed by atoms with Crippen LogP contribution >= 0.6 is 0 Å². The molecule has 15 heavy (non-hydrogen) atoms. The average Bonchev–Trinajstić information content (AvgIpc) is 2.01. The van der Waals surface area contributed by atoms with E-state index in [1.165, 1.54) is 0 Å². The minimum Gasteiger partial charge on any atom is -0.481 e. The highest BCUT2D eigenvalue weighted by Gasteiger charge is 2.19. The Hall–Kier alpha value is -1.10. The molecule has 0 aromatic rings. The lowest BCUT2D eigenvalue weighted by atomic mass is 10.0. The van der Waals surface area contributed by atoms with Crippen molar-refractivity contribution in [1.82, 2.24) is 5.32 Å². The quantitative estimate of drug-likeness (QED) is 0.580. The molecule has 0 aliphatic heterocycles. The first-order valence-corrected chi connectivity index (χ1v) is 5.01. The molecular weight excluding hydrogens is 198 g/mol. The van der Waals surface area contributed by atoms with Gasteiger partial charge in [0, 0.05) is 25.0 Å². The number of carboxylic acid groups (broad SMARTS) is 1. The molecule has 0 atom stereocenters. The molecule has 1 amide bonds. The molecule has 0 saturated carbocycles. The summed E-state index contributed by atoms with van der Waals surface area (Å²) in [6.45, 7) is 3.65. The Morgan fingerprint density at radius 2 is 1.87 bits per heavy atom. The summed E-state index contributed by atoms with van der Waals surface area (Å²) >= 11 is 0. The maximum absolute atomic E-state index is 11.3. The van der Waals surface area contributed by atoms with E-state index in [9.17, 15) is 9.59 Å². The van der Waals surface area contributed by atoms with Gasteiger partial charge in [0.2, 0.25) is 5.91 Å². The Labute approximate surface area is 89.5 Å². The normalized spacial score (nSPS) is 11.1. The van der Waals surface area contributed by atoms with Gasteiger partial charge in [-0.2, -0.15) is 0 Å². The Bertz CT molecular complexity index is 225. The van der Waals surface area contributed by atoms with Gasteiger partial charge in [-0.05, 0) is 26.7 Å². The van der Waals surface area contributed by atoms with E-state index in [0.717, 1.165) is 0 Å². The molecule has 0 rings (SSSR count). The summed E-state index contributed by atoms with van der Waals surface area (Å²) in [5, 5.41) is 19.9. The van der Waals surface area contributed by atoms with Gasteiger partial charge in [-0.3, -0.25) is 9.59 Å². The molecule has 0 bridgehead atoms. The standard InChI is InChI=1S/C10H19NO4/c1-10(2,6-7-12)11-8(13)4-3-5-9(14)15/h12H,3-7H2,1-2H3,(H,11,13)(H,14,15). The monoisotopic (exact) mass is 217 g/mol. The molecule has 5 nitrogen and oxygen atoms in total. The predicted octanol–water partition coefficient (Wildman–Crippen LogP) is 0.518. The van der Waals surface area contributed by atoms with Crippen molar-refractivity contribution in [2.75, 3.05) is 6.61 Å². The van der Waals surface area contributed by atoms with Crippen LogP contribution < -0.4 is 5.32 Å². The lowest BCUT2D eigenvalue weighted by molar-refractivity contribution is -0.137. The Morgan fingerprint density at radius 3 is 2.33 bits per heavy atom. The number of hydrogen-bond acceptors (Lipinski definition) is 3. The van der Waals surface area contributed by atoms with Crippen LogP contribution in [0.5, 0.6) is 0 Å². The van der Waals surface area contributed by atoms with Crippen molar-refractivity contribution >= 4 is 11.9 Å². The van der Waals surface area contributed by atoms with Gasteiger partial charge in [0.1, 0.15) is 0 Å². The number of amides is 1. The Balaban J connectivity index is 3.77. The molecule has 0 saturated heterocycles. The van der Waals surface area contributed by atoms with E-state index in [4.69, 9.17) is 10.2 Å². The zero-order valence-electron chi connectivity index (χ0n) is 9.25. The van der Waals surface area contributed by atoms with E-state index < -0.39 is 11.5 Å². The van der Waals surface area contributed by atoms with Crippen LogP contribution in [0.2, 0.25) is 0 Å². The van der Waals surface area contributed by atoms with Crippen molar-refractivity contribution in [2.45, 2.75) is 45.1 Å². The summed E-state index contributed by atoms with van der Waals surface area (Å²) in [6, 6.07) is 0. The average molecular weight is 217 g/mol. The van der Waals surface area contributed by atoms with Crippen LogP contribution in [0.4, 0.5) is 0 Å². The van der Waals surface area contributed by atoms with Crippen molar-refractivity contribution in [1.29, 1.82) is 0 Å². The highest BCUT2D eigenvalue weighted by atomic mass is 16.4. The van der Waals surface area contributed by atoms with E-state index in [2.05, 4.69) is 5.32 Å². The number of carbonyl (C=O) groups excluding carboxylic acids is 1. The van der Waals surface area contributed by atoms with Crippen LogP contribution in [0.1, 0.15) is 39.5 Å². The van der Waals surface area contributed by atoms with Crippen molar-refractivity contribution < 1.29 is 19.8 Å². The van der Waals surface area contributed by atoms with Gasteiger partial charge in [-0.1, -0.05) is 0 Å². The number of carbonyl (C=O) groups is 2. The number of carboxylic acids is 1. The molecule has 0 fully saturated rings. The lowest BCUT2D eigenvalue weighted by Gasteiger charge is -2.25. The van der Waals surface area contributed by atoms with Crippen LogP contribution in [0.25, 0.3) is 0 Å². The van der Waals surface area contributed by atoms with Gasteiger partial charge in [0.05, 0.1) is 0 Å². The molecule has 88 valence electrons. The molecule has 0 radical (unpaired) electrons. The highest BCUT2D eigenvalue weighted by Crippen LogP contribution is 2.08. The Kier molecular flexibility index (Phi) is 5.93. The van der Waals surface area contributed by atoms with E-state index in [1.807, 2.05) is 13.8 Å². The zero-order chi connectivity index (χ0) is 11.9. The third kappa shape index (κ3) is 7.93. The molecule has 0 aromatic heterocycles. The smallest absolute Gasteiger partial charge is 0.303 e. The maximum Gasteiger partial charge on any atom is 0.303 e. The van der Waals surface area contributed by atoms with Gasteiger partial charge in [0.15, 0.2) is 0 Å². The summed E-state index contributed by atoms with van der Waals surface area (Å²) in [4.78, 5) is 21.5. The van der Waals surface area contributed by atoms with Gasteiger partial charge in [-0.25, -0.2) is 0 Å². The van der Waals surface area contributed by atoms with Gasteiger partial charge in [-0.15, -0.1) is 0 Å². The molecule has 0 aliphatic carbocycles. The maximum atomic E-state index is 11.3. The second-order valence-electron chi connectivity index (χ2n) is 4.15. The summed E-state index contributed by atoms with van der Waals surface area (Å²) < 4.78 is 0. The summed E-state index contributed by atoms with van der Waals surface area (Å²) in [6.07, 6.45) is 1.04. The third-order valence-electron chi connectivity index (χ3n) is 2.01. The molecule has 0 heterocycles. The molecule has 0 spiro atoms. The van der Waals surface area contributed by atoms with E-state index in [-0.39, 0.29) is 25.4 Å². The zero-order valence-corrected chi connectivity index (χ0v) is 9.25. The number of aliphatic carboxylic acids is 1. The molecule has 0 aromatic carbocycles. The number of hydrogen-bond donors (Lipinski definition) is 3. The first-order chi connectivity index (χ1) is 6.87. The molecule has 3 N–H and O–H groups in total. The lowest BCUT2D eigenvalue weighted by Crippen LogP contribution is -2.43. The molecule has 5 heteroatoms. The minimum atomic E-state index is -0.891. The summed E-state index contributed by atoms with van der Waals surface area (Å²) in [5.74, 6) is -1.06. The van der Waals surface area contributed by atoms with Crippen LogP contribution in [-0.4, -0.2) is 34.2 Å². The highest BCUT2D eigenvalue weighted by molar-refractivity contribution is 5.77. The second-order valence-corrected chi connectivity index (χ2v) is 4.15. The Morgan fingerprint density at radius 1 is 1.27 bits per heavy atom.